The molecule has 0 amide bonds. The zero-order valence-electron chi connectivity index (χ0n) is 14.0. The predicted molar refractivity (Wildman–Crippen MR) is 96.8 cm³/mol. The molecule has 0 saturated carbocycles. The molecule has 6 heteroatoms. The van der Waals surface area contributed by atoms with E-state index in [0.717, 1.165) is 21.8 Å². The number of thiophene rings is 1. The van der Waals surface area contributed by atoms with Gasteiger partial charge in [-0.1, -0.05) is 18.2 Å². The summed E-state index contributed by atoms with van der Waals surface area (Å²) >= 11 is 1.63. The molecule has 1 N–H and O–H groups in total. The summed E-state index contributed by atoms with van der Waals surface area (Å²) in [7, 11) is 0. The standard InChI is InChI=1S/C19H19FN2O2S/c1-3-24-19(23)11-13(2)22-17(14-6-8-15(20)9-7-14)12-16(21-22)18-5-4-10-25-18/h4-12,17,21H,3H2,1-2H3/b13-11+/t17-/m1/s1. The van der Waals surface area contributed by atoms with E-state index < -0.39 is 0 Å². The Bertz CT molecular complexity index is 797. The van der Waals surface area contributed by atoms with Gasteiger partial charge in [-0.2, -0.15) is 0 Å². The Balaban J connectivity index is 1.93. The molecule has 0 aliphatic carbocycles. The third-order valence-corrected chi connectivity index (χ3v) is 4.74. The molecule has 130 valence electrons. The number of hydrazine groups is 1. The van der Waals surface area contributed by atoms with E-state index in [1.54, 1.807) is 30.4 Å². The lowest BCUT2D eigenvalue weighted by molar-refractivity contribution is -0.137. The van der Waals surface area contributed by atoms with Crippen molar-refractivity contribution in [1.82, 2.24) is 10.4 Å². The van der Waals surface area contributed by atoms with Gasteiger partial charge in [-0.05, 0) is 49.1 Å². The van der Waals surface area contributed by atoms with Crippen molar-refractivity contribution in [1.29, 1.82) is 0 Å². The molecule has 2 heterocycles. The highest BCUT2D eigenvalue weighted by molar-refractivity contribution is 7.11. The molecule has 1 aromatic carbocycles. The third kappa shape index (κ3) is 3.91. The predicted octanol–water partition coefficient (Wildman–Crippen LogP) is 4.26. The molecule has 3 rings (SSSR count). The summed E-state index contributed by atoms with van der Waals surface area (Å²) in [5.41, 5.74) is 5.94. The average Bonchev–Trinajstić information content (AvgIpc) is 3.25. The van der Waals surface area contributed by atoms with Crippen molar-refractivity contribution in [3.63, 3.8) is 0 Å². The van der Waals surface area contributed by atoms with Gasteiger partial charge in [0, 0.05) is 11.8 Å². The summed E-state index contributed by atoms with van der Waals surface area (Å²) in [5.74, 6) is -0.660. The van der Waals surface area contributed by atoms with E-state index in [0.29, 0.717) is 6.61 Å². The van der Waals surface area contributed by atoms with Crippen molar-refractivity contribution < 1.29 is 13.9 Å². The van der Waals surface area contributed by atoms with Gasteiger partial charge >= 0.3 is 5.97 Å². The summed E-state index contributed by atoms with van der Waals surface area (Å²) in [4.78, 5) is 12.9. The maximum Gasteiger partial charge on any atom is 0.332 e. The van der Waals surface area contributed by atoms with Crippen molar-refractivity contribution in [2.75, 3.05) is 6.61 Å². The van der Waals surface area contributed by atoms with Gasteiger partial charge in [-0.25, -0.2) is 9.18 Å². The van der Waals surface area contributed by atoms with Crippen LogP contribution in [0.1, 0.15) is 30.3 Å². The quantitative estimate of drug-likeness (QED) is 0.641. The summed E-state index contributed by atoms with van der Waals surface area (Å²) in [6, 6.07) is 10.2. The minimum atomic E-state index is -0.385. The number of benzene rings is 1. The molecule has 2 aromatic rings. The Morgan fingerprint density at radius 1 is 1.36 bits per heavy atom. The molecule has 0 unspecified atom stereocenters. The molecule has 4 nitrogen and oxygen atoms in total. The lowest BCUT2D eigenvalue weighted by atomic mass is 10.1. The lowest BCUT2D eigenvalue weighted by Gasteiger charge is -2.28. The minimum absolute atomic E-state index is 0.150. The van der Waals surface area contributed by atoms with Crippen molar-refractivity contribution in [2.45, 2.75) is 19.9 Å². The number of esters is 1. The largest absolute Gasteiger partial charge is 0.463 e. The van der Waals surface area contributed by atoms with Gasteiger partial charge in [0.1, 0.15) is 5.82 Å². The van der Waals surface area contributed by atoms with Gasteiger partial charge in [0.25, 0.3) is 0 Å². The number of nitrogens with one attached hydrogen (secondary N) is 1. The first kappa shape index (κ1) is 17.2. The Morgan fingerprint density at radius 3 is 2.76 bits per heavy atom. The Kier molecular flexibility index (Phi) is 5.19. The topological polar surface area (TPSA) is 41.6 Å². The fourth-order valence-corrected chi connectivity index (χ4v) is 3.38. The van der Waals surface area contributed by atoms with Crippen LogP contribution in [0.3, 0.4) is 0 Å². The summed E-state index contributed by atoms with van der Waals surface area (Å²) in [6.07, 6.45) is 3.53. The number of hydrogen-bond donors (Lipinski definition) is 1. The maximum atomic E-state index is 13.3. The van der Waals surface area contributed by atoms with Gasteiger partial charge in [0.2, 0.25) is 0 Å². The van der Waals surface area contributed by atoms with Crippen molar-refractivity contribution >= 4 is 23.0 Å². The molecular formula is C19H19FN2O2S. The Labute approximate surface area is 150 Å². The van der Waals surface area contributed by atoms with Crippen LogP contribution in [-0.2, 0) is 9.53 Å². The van der Waals surface area contributed by atoms with Gasteiger partial charge in [0.15, 0.2) is 0 Å². The fourth-order valence-electron chi connectivity index (χ4n) is 2.67. The Hall–Kier alpha value is -2.60. The molecule has 0 spiro atoms. The molecule has 0 bridgehead atoms. The summed E-state index contributed by atoms with van der Waals surface area (Å²) in [6.45, 7) is 3.94. The fraction of sp³-hybridized carbons (Fsp3) is 0.211. The number of carbonyl (C=O) groups excluding carboxylic acids is 1. The highest BCUT2D eigenvalue weighted by Gasteiger charge is 2.27. The second-order valence-electron chi connectivity index (χ2n) is 5.57. The third-order valence-electron chi connectivity index (χ3n) is 3.84. The van der Waals surface area contributed by atoms with Crippen LogP contribution >= 0.6 is 11.3 Å². The highest BCUT2D eigenvalue weighted by Crippen LogP contribution is 2.35. The number of allylic oxidation sites excluding steroid dienone is 1. The first-order chi connectivity index (χ1) is 12.1. The molecule has 1 aliphatic rings. The molecule has 1 aromatic heterocycles. The highest BCUT2D eigenvalue weighted by atomic mass is 32.1. The second-order valence-corrected chi connectivity index (χ2v) is 6.52. The molecule has 0 radical (unpaired) electrons. The number of carbonyl (C=O) groups is 1. The molecular weight excluding hydrogens is 339 g/mol. The van der Waals surface area contributed by atoms with Crippen LogP contribution in [0.2, 0.25) is 0 Å². The van der Waals surface area contributed by atoms with Crippen LogP contribution in [0.15, 0.2) is 59.6 Å². The van der Waals surface area contributed by atoms with Crippen molar-refractivity contribution in [3.8, 4) is 0 Å². The molecule has 0 saturated heterocycles. The molecule has 0 fully saturated rings. The van der Waals surface area contributed by atoms with E-state index in [1.807, 2.05) is 29.4 Å². The van der Waals surface area contributed by atoms with E-state index >= 15 is 0 Å². The first-order valence-electron chi connectivity index (χ1n) is 8.00. The van der Waals surface area contributed by atoms with Gasteiger partial charge < -0.3 is 4.74 Å². The van der Waals surface area contributed by atoms with Crippen LogP contribution in [0.4, 0.5) is 4.39 Å². The van der Waals surface area contributed by atoms with Crippen LogP contribution in [-0.4, -0.2) is 17.6 Å². The van der Waals surface area contributed by atoms with E-state index in [2.05, 4.69) is 11.5 Å². The molecule has 1 aliphatic heterocycles. The Morgan fingerprint density at radius 2 is 2.12 bits per heavy atom. The van der Waals surface area contributed by atoms with Crippen molar-refractivity contribution in [2.24, 2.45) is 0 Å². The van der Waals surface area contributed by atoms with Crippen LogP contribution in [0, 0.1) is 5.82 Å². The monoisotopic (exact) mass is 358 g/mol. The number of halogens is 1. The minimum Gasteiger partial charge on any atom is -0.463 e. The lowest BCUT2D eigenvalue weighted by Crippen LogP contribution is -2.32. The summed E-state index contributed by atoms with van der Waals surface area (Å²) in [5, 5.41) is 3.90. The molecule has 1 atom stereocenters. The van der Waals surface area contributed by atoms with Crippen LogP contribution < -0.4 is 5.43 Å². The van der Waals surface area contributed by atoms with E-state index in [4.69, 9.17) is 4.74 Å². The maximum absolute atomic E-state index is 13.3. The second kappa shape index (κ2) is 7.53. The summed E-state index contributed by atoms with van der Waals surface area (Å²) < 4.78 is 18.3. The molecule has 25 heavy (non-hydrogen) atoms. The first-order valence-corrected chi connectivity index (χ1v) is 8.88. The number of hydrogen-bond acceptors (Lipinski definition) is 5. The van der Waals surface area contributed by atoms with Crippen LogP contribution in [0.5, 0.6) is 0 Å². The van der Waals surface area contributed by atoms with E-state index in [-0.39, 0.29) is 17.8 Å². The number of rotatable bonds is 5. The van der Waals surface area contributed by atoms with Crippen molar-refractivity contribution in [3.05, 3.63) is 75.9 Å². The average molecular weight is 358 g/mol. The zero-order chi connectivity index (χ0) is 17.8. The normalized spacial score (nSPS) is 17.2. The zero-order valence-corrected chi connectivity index (χ0v) is 14.8. The van der Waals surface area contributed by atoms with Crippen LogP contribution in [0.25, 0.3) is 5.70 Å². The smallest absolute Gasteiger partial charge is 0.332 e. The van der Waals surface area contributed by atoms with Gasteiger partial charge in [-0.15, -0.1) is 11.3 Å². The van der Waals surface area contributed by atoms with E-state index in [1.165, 1.54) is 18.2 Å². The van der Waals surface area contributed by atoms with Gasteiger partial charge in [0.05, 0.1) is 23.2 Å². The SMILES string of the molecule is CCOC(=O)/C=C(\C)N1NC(c2cccs2)=C[C@@H]1c1ccc(F)cc1. The van der Waals surface area contributed by atoms with Gasteiger partial charge in [-0.3, -0.25) is 10.4 Å². The van der Waals surface area contributed by atoms with E-state index in [9.17, 15) is 9.18 Å². The number of ether oxygens (including phenoxy) is 1. The number of nitrogens with zero attached hydrogens (tertiary/aromatic N) is 1.